The molecule has 0 aliphatic rings. The molecule has 0 atom stereocenters. The molecule has 1 heterocycles. The number of aryl methyl sites for hydroxylation is 1. The lowest BCUT2D eigenvalue weighted by molar-refractivity contribution is -0.114. The Bertz CT molecular complexity index is 979. The standard InChI is InChI=1S/C17H14BrN3O2/c1-9-3-5-14-15(7-9)21-17(23)16(20-14)12-8-11(18)4-6-13(12)19-10(2)22/h3-8H,1-2H3,(H,19,22)(H,21,23). The molecular weight excluding hydrogens is 358 g/mol. The number of H-pyrrole nitrogens is 1. The number of hydrogen-bond acceptors (Lipinski definition) is 3. The number of nitrogens with zero attached hydrogens (tertiary/aromatic N) is 1. The average Bonchev–Trinajstić information content (AvgIpc) is 2.48. The Labute approximate surface area is 140 Å². The van der Waals surface area contributed by atoms with E-state index in [1.807, 2.05) is 25.1 Å². The topological polar surface area (TPSA) is 74.8 Å². The zero-order valence-electron chi connectivity index (χ0n) is 12.6. The monoisotopic (exact) mass is 371 g/mol. The van der Waals surface area contributed by atoms with Crippen molar-refractivity contribution in [2.45, 2.75) is 13.8 Å². The number of carbonyl (C=O) groups is 1. The third-order valence-electron chi connectivity index (χ3n) is 3.40. The SMILES string of the molecule is CC(=O)Nc1ccc(Br)cc1-c1nc2ccc(C)cc2[nH]c1=O. The van der Waals surface area contributed by atoms with E-state index in [-0.39, 0.29) is 17.2 Å². The number of aromatic amines is 1. The Balaban J connectivity index is 2.26. The van der Waals surface area contributed by atoms with E-state index < -0.39 is 0 Å². The molecule has 0 spiro atoms. The molecular formula is C17H14BrN3O2. The van der Waals surface area contributed by atoms with Crippen LogP contribution >= 0.6 is 15.9 Å². The van der Waals surface area contributed by atoms with Gasteiger partial charge in [-0.2, -0.15) is 0 Å². The summed E-state index contributed by atoms with van der Waals surface area (Å²) in [6.45, 7) is 3.38. The first-order valence-corrected chi connectivity index (χ1v) is 7.81. The maximum Gasteiger partial charge on any atom is 0.275 e. The number of aromatic nitrogens is 2. The molecule has 6 heteroatoms. The Hall–Kier alpha value is -2.47. The lowest BCUT2D eigenvalue weighted by Gasteiger charge is -2.10. The minimum absolute atomic E-state index is 0.207. The van der Waals surface area contributed by atoms with Crippen molar-refractivity contribution < 1.29 is 4.79 Å². The highest BCUT2D eigenvalue weighted by atomic mass is 79.9. The first-order valence-electron chi connectivity index (χ1n) is 7.02. The van der Waals surface area contributed by atoms with Gasteiger partial charge in [0.2, 0.25) is 5.91 Å². The molecule has 0 fully saturated rings. The third kappa shape index (κ3) is 3.17. The Morgan fingerprint density at radius 2 is 2.00 bits per heavy atom. The summed E-state index contributed by atoms with van der Waals surface area (Å²) in [5.74, 6) is -0.207. The quantitative estimate of drug-likeness (QED) is 0.722. The van der Waals surface area contributed by atoms with E-state index in [1.165, 1.54) is 6.92 Å². The minimum Gasteiger partial charge on any atom is -0.326 e. The molecule has 23 heavy (non-hydrogen) atoms. The first-order chi connectivity index (χ1) is 10.9. The normalized spacial score (nSPS) is 10.7. The molecule has 0 saturated carbocycles. The lowest BCUT2D eigenvalue weighted by Crippen LogP contribution is -2.14. The fourth-order valence-electron chi connectivity index (χ4n) is 2.39. The van der Waals surface area contributed by atoms with Crippen molar-refractivity contribution in [3.05, 3.63) is 56.8 Å². The van der Waals surface area contributed by atoms with Crippen LogP contribution in [0.4, 0.5) is 5.69 Å². The molecule has 2 N–H and O–H groups in total. The fraction of sp³-hybridized carbons (Fsp3) is 0.118. The molecule has 3 aromatic rings. The average molecular weight is 372 g/mol. The Morgan fingerprint density at radius 1 is 1.22 bits per heavy atom. The van der Waals surface area contributed by atoms with Crippen LogP contribution in [0.1, 0.15) is 12.5 Å². The number of anilines is 1. The van der Waals surface area contributed by atoms with Gasteiger partial charge in [-0.25, -0.2) is 4.98 Å². The zero-order valence-corrected chi connectivity index (χ0v) is 14.2. The summed E-state index contributed by atoms with van der Waals surface area (Å²) in [5, 5.41) is 2.73. The summed E-state index contributed by atoms with van der Waals surface area (Å²) in [7, 11) is 0. The number of hydrogen-bond donors (Lipinski definition) is 2. The van der Waals surface area contributed by atoms with Crippen LogP contribution in [0.2, 0.25) is 0 Å². The Kier molecular flexibility index (Phi) is 4.00. The van der Waals surface area contributed by atoms with E-state index in [4.69, 9.17) is 0 Å². The molecule has 5 nitrogen and oxygen atoms in total. The summed E-state index contributed by atoms with van der Waals surface area (Å²) in [6, 6.07) is 11.0. The van der Waals surface area contributed by atoms with Gasteiger partial charge in [-0.05, 0) is 42.8 Å². The highest BCUT2D eigenvalue weighted by Gasteiger charge is 2.13. The van der Waals surface area contributed by atoms with Gasteiger partial charge in [0.05, 0.1) is 16.7 Å². The van der Waals surface area contributed by atoms with Crippen LogP contribution < -0.4 is 10.9 Å². The van der Waals surface area contributed by atoms with E-state index in [0.29, 0.717) is 22.3 Å². The second kappa shape index (κ2) is 5.96. The van der Waals surface area contributed by atoms with Crippen LogP contribution in [0.3, 0.4) is 0 Å². The summed E-state index contributed by atoms with van der Waals surface area (Å²) >= 11 is 3.39. The van der Waals surface area contributed by atoms with Gasteiger partial charge in [0.1, 0.15) is 5.69 Å². The third-order valence-corrected chi connectivity index (χ3v) is 3.89. The lowest BCUT2D eigenvalue weighted by atomic mass is 10.1. The van der Waals surface area contributed by atoms with Gasteiger partial charge in [-0.3, -0.25) is 9.59 Å². The van der Waals surface area contributed by atoms with Crippen LogP contribution in [0.15, 0.2) is 45.7 Å². The van der Waals surface area contributed by atoms with Crippen molar-refractivity contribution in [2.75, 3.05) is 5.32 Å². The molecule has 2 aromatic carbocycles. The van der Waals surface area contributed by atoms with E-state index >= 15 is 0 Å². The molecule has 116 valence electrons. The van der Waals surface area contributed by atoms with Crippen LogP contribution in [-0.2, 0) is 4.79 Å². The van der Waals surface area contributed by atoms with Gasteiger partial charge < -0.3 is 10.3 Å². The van der Waals surface area contributed by atoms with Crippen molar-refractivity contribution in [3.8, 4) is 11.3 Å². The second-order valence-corrected chi connectivity index (χ2v) is 6.22. The Morgan fingerprint density at radius 3 is 2.74 bits per heavy atom. The zero-order chi connectivity index (χ0) is 16.6. The summed E-state index contributed by atoms with van der Waals surface area (Å²) in [6.07, 6.45) is 0. The molecule has 0 radical (unpaired) electrons. The van der Waals surface area contributed by atoms with E-state index in [0.717, 1.165) is 10.0 Å². The highest BCUT2D eigenvalue weighted by Crippen LogP contribution is 2.28. The molecule has 0 unspecified atom stereocenters. The van der Waals surface area contributed by atoms with Crippen molar-refractivity contribution in [1.29, 1.82) is 0 Å². The van der Waals surface area contributed by atoms with Crippen LogP contribution in [0, 0.1) is 6.92 Å². The van der Waals surface area contributed by atoms with Gasteiger partial charge in [0.25, 0.3) is 5.56 Å². The molecule has 3 rings (SSSR count). The fourth-order valence-corrected chi connectivity index (χ4v) is 2.75. The van der Waals surface area contributed by atoms with E-state index in [9.17, 15) is 9.59 Å². The predicted molar refractivity (Wildman–Crippen MR) is 94.5 cm³/mol. The number of benzene rings is 2. The second-order valence-electron chi connectivity index (χ2n) is 5.31. The van der Waals surface area contributed by atoms with E-state index in [2.05, 4.69) is 31.2 Å². The van der Waals surface area contributed by atoms with Crippen molar-refractivity contribution in [2.24, 2.45) is 0 Å². The summed E-state index contributed by atoms with van der Waals surface area (Å²) in [4.78, 5) is 31.2. The molecule has 0 aliphatic heterocycles. The van der Waals surface area contributed by atoms with Crippen molar-refractivity contribution >= 4 is 38.6 Å². The van der Waals surface area contributed by atoms with Crippen LogP contribution in [-0.4, -0.2) is 15.9 Å². The number of rotatable bonds is 2. The first kappa shape index (κ1) is 15.4. The van der Waals surface area contributed by atoms with Crippen molar-refractivity contribution in [3.63, 3.8) is 0 Å². The van der Waals surface area contributed by atoms with Crippen LogP contribution in [0.25, 0.3) is 22.3 Å². The number of amides is 1. The van der Waals surface area contributed by atoms with Gasteiger partial charge in [-0.1, -0.05) is 22.0 Å². The number of fused-ring (bicyclic) bond motifs is 1. The number of halogens is 1. The number of nitrogens with one attached hydrogen (secondary N) is 2. The smallest absolute Gasteiger partial charge is 0.275 e. The largest absolute Gasteiger partial charge is 0.326 e. The van der Waals surface area contributed by atoms with Crippen LogP contribution in [0.5, 0.6) is 0 Å². The molecule has 0 aliphatic carbocycles. The maximum atomic E-state index is 12.4. The predicted octanol–water partition coefficient (Wildman–Crippen LogP) is 3.62. The minimum atomic E-state index is -0.298. The van der Waals surface area contributed by atoms with E-state index in [1.54, 1.807) is 18.2 Å². The molecule has 1 aromatic heterocycles. The van der Waals surface area contributed by atoms with Gasteiger partial charge in [0.15, 0.2) is 0 Å². The van der Waals surface area contributed by atoms with Crippen molar-refractivity contribution in [1.82, 2.24) is 9.97 Å². The summed E-state index contributed by atoms with van der Waals surface area (Å²) in [5.41, 5.74) is 3.51. The van der Waals surface area contributed by atoms with Gasteiger partial charge in [-0.15, -0.1) is 0 Å². The molecule has 0 bridgehead atoms. The molecule has 0 saturated heterocycles. The summed E-state index contributed by atoms with van der Waals surface area (Å²) < 4.78 is 0.798. The molecule has 1 amide bonds. The van der Waals surface area contributed by atoms with Gasteiger partial charge in [0, 0.05) is 17.0 Å². The highest BCUT2D eigenvalue weighted by molar-refractivity contribution is 9.10. The maximum absolute atomic E-state index is 12.4. The van der Waals surface area contributed by atoms with Gasteiger partial charge >= 0.3 is 0 Å². The number of carbonyl (C=O) groups excluding carboxylic acids is 1.